The van der Waals surface area contributed by atoms with Crippen LogP contribution in [0.3, 0.4) is 0 Å². The van der Waals surface area contributed by atoms with Crippen LogP contribution >= 0.6 is 0 Å². The molecule has 2 fully saturated rings. The van der Waals surface area contributed by atoms with Gasteiger partial charge in [-0.15, -0.1) is 0 Å². The van der Waals surface area contributed by atoms with Crippen LogP contribution in [-0.2, 0) is 65.6 Å². The van der Waals surface area contributed by atoms with Crippen molar-refractivity contribution in [2.24, 2.45) is 34.0 Å². The Kier molecular flexibility index (Phi) is 24.6. The molecule has 79 heavy (non-hydrogen) atoms. The summed E-state index contributed by atoms with van der Waals surface area (Å²) in [4.78, 5) is 154. The summed E-state index contributed by atoms with van der Waals surface area (Å²) in [6.07, 6.45) is -0.399. The van der Waals surface area contributed by atoms with Crippen molar-refractivity contribution >= 4 is 71.1 Å². The summed E-state index contributed by atoms with van der Waals surface area (Å²) in [5.41, 5.74) is 18.0. The molecule has 2 heterocycles. The van der Waals surface area contributed by atoms with Gasteiger partial charge in [0.2, 0.25) is 47.3 Å². The summed E-state index contributed by atoms with van der Waals surface area (Å²) in [5, 5.41) is 43.8. The number of carboxylic acids is 3. The third kappa shape index (κ3) is 20.0. The van der Waals surface area contributed by atoms with E-state index >= 15 is 0 Å². The Bertz CT molecular complexity index is 2510. The number of likely N-dealkylation sites (tertiary alicyclic amines) is 2. The summed E-state index contributed by atoms with van der Waals surface area (Å²) >= 11 is 0. The minimum Gasteiger partial charge on any atom is -0.481 e. The van der Waals surface area contributed by atoms with Crippen molar-refractivity contribution in [1.82, 2.24) is 41.7 Å². The number of nitrogens with two attached hydrogens (primary N) is 3. The summed E-state index contributed by atoms with van der Waals surface area (Å²) in [7, 11) is 0. The first kappa shape index (κ1) is 63.4. The number of carboxylic acid groups (broad SMARTS) is 3. The third-order valence-corrected chi connectivity index (χ3v) is 13.4. The van der Waals surface area contributed by atoms with Gasteiger partial charge in [-0.1, -0.05) is 88.4 Å². The molecule has 0 saturated carbocycles. The molecule has 2 aromatic carbocycles. The van der Waals surface area contributed by atoms with Gasteiger partial charge in [-0.05, 0) is 67.9 Å². The van der Waals surface area contributed by atoms with Crippen molar-refractivity contribution in [2.75, 3.05) is 19.6 Å². The third-order valence-electron chi connectivity index (χ3n) is 13.4. The molecule has 9 atom stereocenters. The summed E-state index contributed by atoms with van der Waals surface area (Å²) in [5.74, 6) is -11.8. The average Bonchev–Trinajstić information content (AvgIpc) is 4.10. The molecule has 15 N–H and O–H groups in total. The smallest absolute Gasteiger partial charge is 0.326 e. The van der Waals surface area contributed by atoms with E-state index < -0.39 is 138 Å². The first-order chi connectivity index (χ1) is 37.4. The molecule has 2 aromatic rings. The molecule has 0 unspecified atom stereocenters. The monoisotopic (exact) mass is 1100 g/mol. The summed E-state index contributed by atoms with van der Waals surface area (Å²) < 4.78 is 0. The lowest BCUT2D eigenvalue weighted by Gasteiger charge is -2.32. The Morgan fingerprint density at radius 2 is 1.04 bits per heavy atom. The van der Waals surface area contributed by atoms with Gasteiger partial charge in [-0.25, -0.2) is 4.79 Å². The minimum atomic E-state index is -1.78. The molecule has 432 valence electrons. The predicted molar refractivity (Wildman–Crippen MR) is 286 cm³/mol. The number of hydrogen-bond donors (Lipinski definition) is 12. The predicted octanol–water partition coefficient (Wildman–Crippen LogP) is -1.52. The van der Waals surface area contributed by atoms with Crippen molar-refractivity contribution in [1.29, 1.82) is 0 Å². The maximum atomic E-state index is 14.8. The number of nitrogens with zero attached hydrogens (tertiary/aromatic N) is 3. The number of guanidine groups is 1. The van der Waals surface area contributed by atoms with Crippen molar-refractivity contribution in [2.45, 2.75) is 153 Å². The number of aliphatic imine (C=N–C) groups is 1. The average molecular weight is 1110 g/mol. The van der Waals surface area contributed by atoms with E-state index in [0.717, 1.165) is 0 Å². The Morgan fingerprint density at radius 1 is 0.582 bits per heavy atom. The first-order valence-electron chi connectivity index (χ1n) is 26.3. The molecule has 0 aromatic heterocycles. The van der Waals surface area contributed by atoms with E-state index in [1.807, 2.05) is 0 Å². The van der Waals surface area contributed by atoms with E-state index in [4.69, 9.17) is 17.2 Å². The highest BCUT2D eigenvalue weighted by molar-refractivity contribution is 5.99. The fraction of sp³-hybridized carbons (Fsp3) is 0.547. The van der Waals surface area contributed by atoms with Gasteiger partial charge < -0.3 is 74.2 Å². The molecule has 0 radical (unpaired) electrons. The molecule has 26 nitrogen and oxygen atoms in total. The molecule has 2 aliphatic heterocycles. The zero-order valence-corrected chi connectivity index (χ0v) is 44.9. The number of rotatable bonds is 30. The van der Waals surface area contributed by atoms with Crippen LogP contribution in [0, 0.1) is 11.8 Å². The summed E-state index contributed by atoms with van der Waals surface area (Å²) in [6.45, 7) is 7.08. The number of amides is 8. The zero-order valence-electron chi connectivity index (χ0n) is 44.9. The molecular weight excluding hydrogens is 1030 g/mol. The Morgan fingerprint density at radius 3 is 1.53 bits per heavy atom. The molecule has 2 aliphatic rings. The standard InChI is InChI=1S/C53H76N12O14/c1-29(2)24-36(60-46(72)35(27-41(66)67)58-44(70)33(54)18-11-21-57-53(55)56)50(76)64-22-12-19-39(64)47(73)59-34(25-31-14-7-5-8-15-31)45(71)61-37(26-32-16-9-6-10-17-32)51(77)65-23-13-20-40(65)48(74)63-43(30(3)4)49(75)62-38(52(78)79)28-42(68)69/h5-10,14-17,29-30,33-40,43H,11-13,18-28,54H2,1-4H3,(H,58,70)(H,59,73)(H,60,72)(H,61,71)(H,62,75)(H,63,74)(H,66,67)(H,68,69)(H,78,79)(H4,55,56,57)/t33-,34-,35-,36-,37-,38-,39-,40-,43-/m0/s1. The van der Waals surface area contributed by atoms with E-state index in [-0.39, 0.29) is 70.0 Å². The summed E-state index contributed by atoms with van der Waals surface area (Å²) in [6, 6.07) is 5.29. The Hall–Kier alpha value is -8.16. The SMILES string of the molecule is CC(C)C[C@H](NC(=O)[C@H](CC(=O)O)NC(=O)[C@@H](N)CCCN=C(N)N)C(=O)N1CCC[C@H]1C(=O)N[C@@H](Cc1ccccc1)C(=O)N[C@@H](Cc1ccccc1)C(=O)N1CCC[C@H]1C(=O)N[C@H](C(=O)N[C@@H](CC(=O)O)C(=O)O)C(C)C. The number of nitrogens with one attached hydrogen (secondary N) is 6. The number of aliphatic carboxylic acids is 3. The molecule has 4 rings (SSSR count). The zero-order chi connectivity index (χ0) is 58.5. The number of hydrogen-bond acceptors (Lipinski definition) is 13. The molecule has 0 aliphatic carbocycles. The first-order valence-corrected chi connectivity index (χ1v) is 26.3. The maximum Gasteiger partial charge on any atom is 0.326 e. The van der Waals surface area contributed by atoms with Gasteiger partial charge in [-0.2, -0.15) is 0 Å². The van der Waals surface area contributed by atoms with Crippen molar-refractivity contribution < 1.29 is 68.1 Å². The van der Waals surface area contributed by atoms with Gasteiger partial charge in [-0.3, -0.25) is 52.9 Å². The van der Waals surface area contributed by atoms with E-state index in [9.17, 15) is 68.1 Å². The highest BCUT2D eigenvalue weighted by atomic mass is 16.4. The molecule has 8 amide bonds. The minimum absolute atomic E-state index is 0.0539. The van der Waals surface area contributed by atoms with Crippen LogP contribution in [-0.4, -0.2) is 170 Å². The van der Waals surface area contributed by atoms with E-state index in [2.05, 4.69) is 36.9 Å². The molecule has 2 saturated heterocycles. The second-order valence-corrected chi connectivity index (χ2v) is 20.5. The van der Waals surface area contributed by atoms with Gasteiger partial charge in [0, 0.05) is 32.5 Å². The maximum absolute atomic E-state index is 14.8. The van der Waals surface area contributed by atoms with Crippen LogP contribution in [0.1, 0.15) is 96.6 Å². The van der Waals surface area contributed by atoms with Crippen LogP contribution in [0.2, 0.25) is 0 Å². The van der Waals surface area contributed by atoms with Crippen LogP contribution in [0.4, 0.5) is 0 Å². The second kappa shape index (κ2) is 30.7. The Labute approximate surface area is 457 Å². The van der Waals surface area contributed by atoms with Crippen molar-refractivity contribution in [3.8, 4) is 0 Å². The van der Waals surface area contributed by atoms with Crippen LogP contribution < -0.4 is 49.1 Å². The second-order valence-electron chi connectivity index (χ2n) is 20.5. The van der Waals surface area contributed by atoms with Crippen molar-refractivity contribution in [3.05, 3.63) is 71.8 Å². The van der Waals surface area contributed by atoms with Gasteiger partial charge >= 0.3 is 17.9 Å². The van der Waals surface area contributed by atoms with Crippen LogP contribution in [0.15, 0.2) is 65.7 Å². The van der Waals surface area contributed by atoms with Gasteiger partial charge in [0.25, 0.3) is 0 Å². The molecule has 0 spiro atoms. The largest absolute Gasteiger partial charge is 0.481 e. The van der Waals surface area contributed by atoms with Crippen LogP contribution in [0.25, 0.3) is 0 Å². The molecule has 26 heteroatoms. The highest BCUT2D eigenvalue weighted by Crippen LogP contribution is 2.23. The topological polar surface area (TPSA) is 418 Å². The lowest BCUT2D eigenvalue weighted by atomic mass is 10.00. The number of carbonyl (C=O) groups excluding carboxylic acids is 8. The highest BCUT2D eigenvalue weighted by Gasteiger charge is 2.43. The van der Waals surface area contributed by atoms with Crippen molar-refractivity contribution in [3.63, 3.8) is 0 Å². The number of benzene rings is 2. The van der Waals surface area contributed by atoms with Gasteiger partial charge in [0.15, 0.2) is 5.96 Å². The normalized spacial score (nSPS) is 17.7. The lowest BCUT2D eigenvalue weighted by Crippen LogP contribution is -2.61. The Balaban J connectivity index is 1.58. The fourth-order valence-corrected chi connectivity index (χ4v) is 9.35. The quantitative estimate of drug-likeness (QED) is 0.0240. The fourth-order valence-electron chi connectivity index (χ4n) is 9.35. The van der Waals surface area contributed by atoms with E-state index in [0.29, 0.717) is 30.4 Å². The van der Waals surface area contributed by atoms with Crippen LogP contribution in [0.5, 0.6) is 0 Å². The van der Waals surface area contributed by atoms with E-state index in [1.165, 1.54) is 9.80 Å². The van der Waals surface area contributed by atoms with Gasteiger partial charge in [0.1, 0.15) is 48.3 Å². The number of carbonyl (C=O) groups is 11. The molecule has 0 bridgehead atoms. The van der Waals surface area contributed by atoms with Gasteiger partial charge in [0.05, 0.1) is 18.9 Å². The lowest BCUT2D eigenvalue weighted by molar-refractivity contribution is -0.147. The van der Waals surface area contributed by atoms with E-state index in [1.54, 1.807) is 88.4 Å². The molecular formula is C53H76N12O14.